The van der Waals surface area contributed by atoms with Crippen LogP contribution in [-0.2, 0) is 0 Å². The van der Waals surface area contributed by atoms with E-state index < -0.39 is 4.92 Å². The Hall–Kier alpha value is -1.62. The Bertz CT molecular complexity index is 428. The molecule has 5 nitrogen and oxygen atoms in total. The number of benzene rings is 1. The quantitative estimate of drug-likeness (QED) is 0.658. The summed E-state index contributed by atoms with van der Waals surface area (Å²) in [6.45, 7) is 6.04. The number of hydrogen-bond donors (Lipinski definition) is 1. The maximum atomic E-state index is 10.5. The Kier molecular flexibility index (Phi) is 3.52. The summed E-state index contributed by atoms with van der Waals surface area (Å²) in [4.78, 5) is 10.1. The third kappa shape index (κ3) is 2.79. The van der Waals surface area contributed by atoms with Crippen LogP contribution in [0, 0.1) is 15.5 Å². The molecule has 1 fully saturated rings. The van der Waals surface area contributed by atoms with Crippen LogP contribution in [-0.4, -0.2) is 24.1 Å². The van der Waals surface area contributed by atoms with Crippen molar-refractivity contribution in [3.63, 3.8) is 0 Å². The van der Waals surface area contributed by atoms with Gasteiger partial charge in [-0.3, -0.25) is 10.1 Å². The van der Waals surface area contributed by atoms with E-state index in [1.54, 1.807) is 12.1 Å². The summed E-state index contributed by atoms with van der Waals surface area (Å²) in [6, 6.07) is 6.53. The highest BCUT2D eigenvalue weighted by Crippen LogP contribution is 2.30. The Balaban J connectivity index is 1.92. The smallest absolute Gasteiger partial charge is 0.269 e. The summed E-state index contributed by atoms with van der Waals surface area (Å²) in [5.74, 6) is 0.671. The van der Waals surface area contributed by atoms with Gasteiger partial charge in [0.05, 0.1) is 4.92 Å². The third-order valence-electron chi connectivity index (χ3n) is 3.57. The lowest BCUT2D eigenvalue weighted by molar-refractivity contribution is -0.384. The van der Waals surface area contributed by atoms with E-state index >= 15 is 0 Å². The molecule has 5 heteroatoms. The minimum atomic E-state index is -0.411. The molecule has 2 rings (SSSR count). The van der Waals surface area contributed by atoms with Crippen LogP contribution in [0.25, 0.3) is 0 Å². The maximum Gasteiger partial charge on any atom is 0.269 e. The van der Waals surface area contributed by atoms with E-state index in [9.17, 15) is 10.1 Å². The average Bonchev–Trinajstić information content (AvgIpc) is 2.66. The number of nitrogens with one attached hydrogen (secondary N) is 1. The highest BCUT2D eigenvalue weighted by molar-refractivity contribution is 5.36. The molecule has 0 spiro atoms. The van der Waals surface area contributed by atoms with Crippen LogP contribution in [0.3, 0.4) is 0 Å². The molecule has 98 valence electrons. The van der Waals surface area contributed by atoms with Gasteiger partial charge >= 0.3 is 0 Å². The lowest BCUT2D eigenvalue weighted by Crippen LogP contribution is -2.37. The van der Waals surface area contributed by atoms with Gasteiger partial charge in [0.15, 0.2) is 0 Å². The van der Waals surface area contributed by atoms with Crippen molar-refractivity contribution in [3.8, 4) is 5.75 Å². The van der Waals surface area contributed by atoms with E-state index in [1.807, 2.05) is 0 Å². The van der Waals surface area contributed by atoms with Crippen LogP contribution in [0.4, 0.5) is 5.69 Å². The minimum absolute atomic E-state index is 0.0849. The van der Waals surface area contributed by atoms with Crippen LogP contribution >= 0.6 is 0 Å². The Morgan fingerprint density at radius 2 is 2.11 bits per heavy atom. The fourth-order valence-electron chi connectivity index (χ4n) is 2.15. The van der Waals surface area contributed by atoms with Gasteiger partial charge in [-0.25, -0.2) is 0 Å². The number of non-ortho nitro benzene ring substituents is 1. The van der Waals surface area contributed by atoms with Gasteiger partial charge in [0, 0.05) is 18.2 Å². The molecule has 18 heavy (non-hydrogen) atoms. The zero-order valence-electron chi connectivity index (χ0n) is 10.7. The molecule has 1 aromatic carbocycles. The molecule has 1 unspecified atom stereocenters. The molecule has 1 heterocycles. The number of rotatable bonds is 4. The van der Waals surface area contributed by atoms with E-state index in [2.05, 4.69) is 19.2 Å². The van der Waals surface area contributed by atoms with Gasteiger partial charge in [0.1, 0.15) is 12.4 Å². The van der Waals surface area contributed by atoms with Crippen molar-refractivity contribution in [2.75, 3.05) is 13.2 Å². The molecule has 1 aromatic rings. The van der Waals surface area contributed by atoms with Gasteiger partial charge in [0.2, 0.25) is 0 Å². The van der Waals surface area contributed by atoms with E-state index in [1.165, 1.54) is 12.1 Å². The maximum absolute atomic E-state index is 10.5. The Morgan fingerprint density at radius 1 is 1.44 bits per heavy atom. The first-order chi connectivity index (χ1) is 8.49. The molecule has 1 aliphatic heterocycles. The normalized spacial score (nSPS) is 21.8. The van der Waals surface area contributed by atoms with Gasteiger partial charge in [-0.15, -0.1) is 0 Å². The first kappa shape index (κ1) is 12.8. The second-order valence-electron chi connectivity index (χ2n) is 5.31. The van der Waals surface area contributed by atoms with Crippen molar-refractivity contribution in [1.29, 1.82) is 0 Å². The molecule has 1 aliphatic rings. The number of hydrogen-bond acceptors (Lipinski definition) is 4. The molecule has 1 saturated heterocycles. The zero-order chi connectivity index (χ0) is 13.2. The molecule has 0 saturated carbocycles. The molecule has 0 aliphatic carbocycles. The Labute approximate surface area is 106 Å². The van der Waals surface area contributed by atoms with Crippen LogP contribution in [0.2, 0.25) is 0 Å². The number of nitro groups is 1. The van der Waals surface area contributed by atoms with Gasteiger partial charge in [-0.05, 0) is 30.5 Å². The lowest BCUT2D eigenvalue weighted by atomic mass is 9.85. The second-order valence-corrected chi connectivity index (χ2v) is 5.31. The van der Waals surface area contributed by atoms with Gasteiger partial charge < -0.3 is 10.1 Å². The molecule has 1 N–H and O–H groups in total. The average molecular weight is 250 g/mol. The summed E-state index contributed by atoms with van der Waals surface area (Å²) in [6.07, 6.45) is 1.14. The topological polar surface area (TPSA) is 64.4 Å². The minimum Gasteiger partial charge on any atom is -0.492 e. The summed E-state index contributed by atoms with van der Waals surface area (Å²) in [5, 5.41) is 13.9. The molecular formula is C13H18N2O3. The summed E-state index contributed by atoms with van der Waals surface area (Å²) in [7, 11) is 0. The fourth-order valence-corrected chi connectivity index (χ4v) is 2.15. The number of ether oxygens (including phenoxy) is 1. The first-order valence-electron chi connectivity index (χ1n) is 6.10. The van der Waals surface area contributed by atoms with Crippen LogP contribution in [0.15, 0.2) is 24.3 Å². The Morgan fingerprint density at radius 3 is 2.61 bits per heavy atom. The molecule has 0 radical (unpaired) electrons. The van der Waals surface area contributed by atoms with E-state index in [0.29, 0.717) is 18.4 Å². The predicted molar refractivity (Wildman–Crippen MR) is 68.8 cm³/mol. The molecule has 0 amide bonds. The lowest BCUT2D eigenvalue weighted by Gasteiger charge is -2.26. The van der Waals surface area contributed by atoms with E-state index in [0.717, 1.165) is 13.0 Å². The van der Waals surface area contributed by atoms with Crippen LogP contribution < -0.4 is 10.1 Å². The third-order valence-corrected chi connectivity index (χ3v) is 3.57. The second kappa shape index (κ2) is 4.94. The van der Waals surface area contributed by atoms with Gasteiger partial charge in [0.25, 0.3) is 5.69 Å². The van der Waals surface area contributed by atoms with Crippen molar-refractivity contribution in [1.82, 2.24) is 5.32 Å². The zero-order valence-corrected chi connectivity index (χ0v) is 10.7. The molecule has 0 bridgehead atoms. The first-order valence-corrected chi connectivity index (χ1v) is 6.10. The molecule has 1 atom stereocenters. The number of nitrogens with zero attached hydrogens (tertiary/aromatic N) is 1. The highest BCUT2D eigenvalue weighted by Gasteiger charge is 2.34. The summed E-state index contributed by atoms with van der Waals surface area (Å²) >= 11 is 0. The number of nitro benzene ring substituents is 1. The molecule has 0 aromatic heterocycles. The van der Waals surface area contributed by atoms with Crippen molar-refractivity contribution < 1.29 is 9.66 Å². The standard InChI is InChI=1S/C13H18N2O3/c1-13(2)7-8-14-12(13)9-18-11-5-3-10(4-6-11)15(16)17/h3-6,12,14H,7-9H2,1-2H3. The monoisotopic (exact) mass is 250 g/mol. The van der Waals surface area contributed by atoms with Gasteiger partial charge in [-0.2, -0.15) is 0 Å². The SMILES string of the molecule is CC1(C)CCNC1COc1ccc([N+](=O)[O-])cc1. The largest absolute Gasteiger partial charge is 0.492 e. The van der Waals surface area contributed by atoms with E-state index in [4.69, 9.17) is 4.74 Å². The van der Waals surface area contributed by atoms with Crippen molar-refractivity contribution in [3.05, 3.63) is 34.4 Å². The van der Waals surface area contributed by atoms with Crippen molar-refractivity contribution in [2.24, 2.45) is 5.41 Å². The van der Waals surface area contributed by atoms with Gasteiger partial charge in [-0.1, -0.05) is 13.8 Å². The van der Waals surface area contributed by atoms with Crippen LogP contribution in [0.5, 0.6) is 5.75 Å². The molecular weight excluding hydrogens is 232 g/mol. The summed E-state index contributed by atoms with van der Waals surface area (Å²) in [5.41, 5.74) is 0.322. The predicted octanol–water partition coefficient (Wildman–Crippen LogP) is 2.36. The van der Waals surface area contributed by atoms with Crippen molar-refractivity contribution >= 4 is 5.69 Å². The summed E-state index contributed by atoms with van der Waals surface area (Å²) < 4.78 is 5.68. The van der Waals surface area contributed by atoms with E-state index in [-0.39, 0.29) is 11.1 Å². The highest BCUT2D eigenvalue weighted by atomic mass is 16.6. The fraction of sp³-hybridized carbons (Fsp3) is 0.538. The van der Waals surface area contributed by atoms with Crippen LogP contribution in [0.1, 0.15) is 20.3 Å². The van der Waals surface area contributed by atoms with Crippen molar-refractivity contribution in [2.45, 2.75) is 26.3 Å².